The van der Waals surface area contributed by atoms with Crippen molar-refractivity contribution in [1.29, 1.82) is 0 Å². The number of aromatic hydroxyl groups is 1. The number of hydrogen-bond donors (Lipinski definition) is 2. The van der Waals surface area contributed by atoms with Gasteiger partial charge in [-0.05, 0) is 80.7 Å². The Balaban J connectivity index is 1.29. The molecule has 2 bridgehead atoms. The minimum absolute atomic E-state index is 0.0202. The maximum Gasteiger partial charge on any atom is 0.246 e. The second-order valence-electron chi connectivity index (χ2n) is 12.8. The first kappa shape index (κ1) is 25.2. The lowest BCUT2D eigenvalue weighted by Gasteiger charge is -2.67. The molecule has 0 aromatic heterocycles. The zero-order chi connectivity index (χ0) is 27.1. The fourth-order valence-electron chi connectivity index (χ4n) is 8.75. The van der Waals surface area contributed by atoms with Crippen molar-refractivity contribution in [2.75, 3.05) is 20.1 Å². The molecule has 1 spiro atoms. The molecule has 5 aliphatic rings. The minimum Gasteiger partial charge on any atom is -0.504 e. The van der Waals surface area contributed by atoms with Crippen LogP contribution in [0.15, 0.2) is 42.5 Å². The molecular formula is C33H40N2O4. The SMILES string of the molecule is CC[C@H]1C[C@@H](N(C)C(=O)C=Cc2cccc(C)c2)[C@H]2Oc3c(O)ccc4c3[C@@]23CCN(CC2CC2)[C@H](C4)[C@]13O. The van der Waals surface area contributed by atoms with Crippen LogP contribution < -0.4 is 4.74 Å². The van der Waals surface area contributed by atoms with Crippen molar-refractivity contribution < 1.29 is 19.7 Å². The van der Waals surface area contributed by atoms with Gasteiger partial charge in [0.15, 0.2) is 11.5 Å². The summed E-state index contributed by atoms with van der Waals surface area (Å²) in [6.07, 6.45) is 8.76. The molecule has 2 saturated carbocycles. The van der Waals surface area contributed by atoms with Gasteiger partial charge in [0.1, 0.15) is 6.10 Å². The topological polar surface area (TPSA) is 73.2 Å². The Bertz CT molecular complexity index is 1350. The van der Waals surface area contributed by atoms with Crippen LogP contribution in [0.2, 0.25) is 0 Å². The van der Waals surface area contributed by atoms with Gasteiger partial charge in [0, 0.05) is 31.3 Å². The number of aryl methyl sites for hydroxylation is 1. The lowest BCUT2D eigenvalue weighted by atomic mass is 9.45. The number of carbonyl (C=O) groups is 1. The predicted molar refractivity (Wildman–Crippen MR) is 151 cm³/mol. The van der Waals surface area contributed by atoms with Gasteiger partial charge < -0.3 is 19.8 Å². The predicted octanol–water partition coefficient (Wildman–Crippen LogP) is 4.44. The van der Waals surface area contributed by atoms with Gasteiger partial charge in [0.25, 0.3) is 0 Å². The van der Waals surface area contributed by atoms with E-state index in [1.807, 2.05) is 49.2 Å². The van der Waals surface area contributed by atoms with E-state index in [9.17, 15) is 15.0 Å². The summed E-state index contributed by atoms with van der Waals surface area (Å²) >= 11 is 0. The van der Waals surface area contributed by atoms with Gasteiger partial charge in [-0.3, -0.25) is 9.69 Å². The first-order chi connectivity index (χ1) is 18.8. The third kappa shape index (κ3) is 3.50. The van der Waals surface area contributed by atoms with Crippen molar-refractivity contribution in [1.82, 2.24) is 9.80 Å². The van der Waals surface area contributed by atoms with E-state index in [1.54, 1.807) is 12.1 Å². The van der Waals surface area contributed by atoms with Crippen molar-refractivity contribution in [2.24, 2.45) is 11.8 Å². The molecule has 3 fully saturated rings. The molecule has 6 atom stereocenters. The van der Waals surface area contributed by atoms with Crippen LogP contribution in [0.25, 0.3) is 6.08 Å². The van der Waals surface area contributed by atoms with Crippen LogP contribution in [0.5, 0.6) is 11.5 Å². The largest absolute Gasteiger partial charge is 0.504 e. The highest BCUT2D eigenvalue weighted by Crippen LogP contribution is 2.67. The molecule has 0 radical (unpaired) electrons. The molecule has 0 unspecified atom stereocenters. The molecule has 1 saturated heterocycles. The number of piperidine rings is 1. The van der Waals surface area contributed by atoms with Crippen LogP contribution in [0.3, 0.4) is 0 Å². The molecular weight excluding hydrogens is 488 g/mol. The number of likely N-dealkylation sites (tertiary alicyclic amines) is 1. The van der Waals surface area contributed by atoms with E-state index >= 15 is 0 Å². The van der Waals surface area contributed by atoms with E-state index in [0.717, 1.165) is 55.0 Å². The van der Waals surface area contributed by atoms with E-state index in [2.05, 4.69) is 17.9 Å². The third-order valence-electron chi connectivity index (χ3n) is 10.8. The van der Waals surface area contributed by atoms with Gasteiger partial charge in [-0.1, -0.05) is 49.2 Å². The second-order valence-corrected chi connectivity index (χ2v) is 12.8. The highest BCUT2D eigenvalue weighted by atomic mass is 16.5. The van der Waals surface area contributed by atoms with Gasteiger partial charge >= 0.3 is 0 Å². The van der Waals surface area contributed by atoms with Gasteiger partial charge in [-0.15, -0.1) is 0 Å². The Morgan fingerprint density at radius 2 is 2.08 bits per heavy atom. The Labute approximate surface area is 231 Å². The summed E-state index contributed by atoms with van der Waals surface area (Å²) in [4.78, 5) is 18.0. The van der Waals surface area contributed by atoms with Crippen LogP contribution in [0.1, 0.15) is 61.3 Å². The zero-order valence-corrected chi connectivity index (χ0v) is 23.3. The summed E-state index contributed by atoms with van der Waals surface area (Å²) in [5.74, 6) is 1.37. The van der Waals surface area contributed by atoms with Gasteiger partial charge in [-0.2, -0.15) is 0 Å². The van der Waals surface area contributed by atoms with Gasteiger partial charge in [0.05, 0.1) is 17.1 Å². The second kappa shape index (κ2) is 8.84. The Kier molecular flexibility index (Phi) is 5.70. The lowest BCUT2D eigenvalue weighted by Crippen LogP contribution is -2.81. The van der Waals surface area contributed by atoms with Crippen molar-refractivity contribution >= 4 is 12.0 Å². The number of phenols is 1. The molecule has 2 N–H and O–H groups in total. The van der Waals surface area contributed by atoms with Crippen LogP contribution >= 0.6 is 0 Å². The highest BCUT2D eigenvalue weighted by Gasteiger charge is 2.75. The fourth-order valence-corrected chi connectivity index (χ4v) is 8.75. The number of carbonyl (C=O) groups excluding carboxylic acids is 1. The summed E-state index contributed by atoms with van der Waals surface area (Å²) in [5.41, 5.74) is 2.74. The van der Waals surface area contributed by atoms with Crippen LogP contribution in [0.4, 0.5) is 0 Å². The van der Waals surface area contributed by atoms with Crippen molar-refractivity contribution in [3.05, 3.63) is 64.7 Å². The van der Waals surface area contributed by atoms with Crippen LogP contribution in [-0.4, -0.2) is 69.8 Å². The molecule has 6 nitrogen and oxygen atoms in total. The molecule has 1 amide bonds. The third-order valence-corrected chi connectivity index (χ3v) is 10.8. The van der Waals surface area contributed by atoms with Crippen molar-refractivity contribution in [2.45, 2.75) is 81.6 Å². The maximum atomic E-state index is 13.6. The number of ether oxygens (including phenoxy) is 1. The normalized spacial score (nSPS) is 34.6. The van der Waals surface area contributed by atoms with E-state index in [1.165, 1.54) is 18.4 Å². The molecule has 3 aliphatic carbocycles. The van der Waals surface area contributed by atoms with Gasteiger partial charge in [0.2, 0.25) is 5.91 Å². The average molecular weight is 529 g/mol. The Morgan fingerprint density at radius 3 is 2.82 bits per heavy atom. The number of nitrogens with zero attached hydrogens (tertiary/aromatic N) is 2. The Morgan fingerprint density at radius 1 is 1.26 bits per heavy atom. The molecule has 2 aliphatic heterocycles. The van der Waals surface area contributed by atoms with Crippen LogP contribution in [-0.2, 0) is 16.6 Å². The van der Waals surface area contributed by atoms with E-state index in [-0.39, 0.29) is 29.7 Å². The van der Waals surface area contributed by atoms with Crippen molar-refractivity contribution in [3.63, 3.8) is 0 Å². The molecule has 206 valence electrons. The molecule has 2 aromatic carbocycles. The van der Waals surface area contributed by atoms with Crippen LogP contribution in [0, 0.1) is 18.8 Å². The standard InChI is InChI=1S/C33H40N2O4/c1-4-24-18-25(34(3)28(37)13-10-21-7-5-6-20(2)16-21)31-32-14-15-35(19-22-8-9-22)27(33(24,32)38)17-23-11-12-26(36)30(39-31)29(23)32/h5-7,10-13,16,22,24-25,27,31,36,38H,4,8-9,14-15,17-19H2,1-3H3/t24-,25+,27+,31+,32-,33+/m0/s1. The first-order valence-corrected chi connectivity index (χ1v) is 14.8. The van der Waals surface area contributed by atoms with Gasteiger partial charge in [-0.25, -0.2) is 0 Å². The monoisotopic (exact) mass is 528 g/mol. The fraction of sp³-hybridized carbons (Fsp3) is 0.545. The molecule has 6 heteroatoms. The minimum atomic E-state index is -0.969. The molecule has 2 heterocycles. The number of likely N-dealkylation sites (N-methyl/N-ethyl adjacent to an activating group) is 1. The zero-order valence-electron chi connectivity index (χ0n) is 23.3. The molecule has 2 aromatic rings. The maximum absolute atomic E-state index is 13.6. The highest BCUT2D eigenvalue weighted by molar-refractivity contribution is 5.92. The smallest absolute Gasteiger partial charge is 0.246 e. The summed E-state index contributed by atoms with van der Waals surface area (Å²) in [6.45, 7) is 6.18. The number of phenolic OH excluding ortho intramolecular Hbond substituents is 1. The Hall–Kier alpha value is -2.83. The summed E-state index contributed by atoms with van der Waals surface area (Å²) in [6, 6.07) is 11.7. The molecule has 7 rings (SSSR count). The lowest BCUT2D eigenvalue weighted by molar-refractivity contribution is -0.228. The van der Waals surface area contributed by atoms with E-state index in [4.69, 9.17) is 4.74 Å². The first-order valence-electron chi connectivity index (χ1n) is 14.8. The van der Waals surface area contributed by atoms with E-state index < -0.39 is 17.1 Å². The number of aliphatic hydroxyl groups is 1. The van der Waals surface area contributed by atoms with E-state index in [0.29, 0.717) is 12.2 Å². The number of amides is 1. The summed E-state index contributed by atoms with van der Waals surface area (Å²) in [5, 5.41) is 24.0. The number of benzene rings is 2. The number of rotatable bonds is 6. The summed E-state index contributed by atoms with van der Waals surface area (Å²) in [7, 11) is 1.87. The van der Waals surface area contributed by atoms with Crippen molar-refractivity contribution in [3.8, 4) is 11.5 Å². The molecule has 39 heavy (non-hydrogen) atoms. The average Bonchev–Trinajstić information content (AvgIpc) is 3.67. The summed E-state index contributed by atoms with van der Waals surface area (Å²) < 4.78 is 6.71. The number of hydrogen-bond acceptors (Lipinski definition) is 5. The quantitative estimate of drug-likeness (QED) is 0.543.